The molecule has 21 heavy (non-hydrogen) atoms. The smallest absolute Gasteiger partial charge is 0.297 e. The molecule has 1 aliphatic rings. The number of carbonyl (C=O) groups excluding carboxylic acids is 2. The average Bonchev–Trinajstić information content (AvgIpc) is 3.16. The second-order valence-corrected chi connectivity index (χ2v) is 4.88. The van der Waals surface area contributed by atoms with Crippen LogP contribution in [0, 0.1) is 23.2 Å². The first kappa shape index (κ1) is 15.2. The Labute approximate surface area is 118 Å². The van der Waals surface area contributed by atoms with Gasteiger partial charge in [0.15, 0.2) is 23.2 Å². The lowest BCUT2D eigenvalue weighted by Crippen LogP contribution is -2.26. The molecule has 8 heteroatoms. The van der Waals surface area contributed by atoms with Crippen LogP contribution >= 0.6 is 0 Å². The number of ketones is 2. The second kappa shape index (κ2) is 5.31. The van der Waals surface area contributed by atoms with Gasteiger partial charge in [-0.2, -0.15) is 23.5 Å². The number of alkyl halides is 3. The third-order valence-corrected chi connectivity index (χ3v) is 3.37. The van der Waals surface area contributed by atoms with E-state index in [9.17, 15) is 22.8 Å². The lowest BCUT2D eigenvalue weighted by molar-refractivity contribution is -0.141. The summed E-state index contributed by atoms with van der Waals surface area (Å²) in [6.45, 7) is 1.55. The Hall–Kier alpha value is -2.17. The molecule has 0 saturated heterocycles. The zero-order valence-electron chi connectivity index (χ0n) is 11.1. The number of rotatable bonds is 5. The molecule has 0 aromatic carbocycles. The summed E-state index contributed by atoms with van der Waals surface area (Å²) in [5.74, 6) is -3.79. The van der Waals surface area contributed by atoms with Gasteiger partial charge in [0.1, 0.15) is 0 Å². The van der Waals surface area contributed by atoms with Gasteiger partial charge in [-0.3, -0.25) is 14.7 Å². The lowest BCUT2D eigenvalue weighted by Gasteiger charge is -2.10. The van der Waals surface area contributed by atoms with E-state index in [4.69, 9.17) is 5.26 Å². The molecular formula is C13H12F3N3O2. The van der Waals surface area contributed by atoms with Crippen LogP contribution in [0.2, 0.25) is 0 Å². The van der Waals surface area contributed by atoms with Crippen LogP contribution in [0.4, 0.5) is 13.2 Å². The summed E-state index contributed by atoms with van der Waals surface area (Å²) >= 11 is 0. The Kier molecular flexibility index (Phi) is 3.85. The molecule has 1 aliphatic carbocycles. The Balaban J connectivity index is 2.44. The van der Waals surface area contributed by atoms with Gasteiger partial charge in [-0.1, -0.05) is 6.92 Å². The van der Waals surface area contributed by atoms with E-state index in [2.05, 4.69) is 10.2 Å². The largest absolute Gasteiger partial charge is 0.435 e. The van der Waals surface area contributed by atoms with Gasteiger partial charge in [0.25, 0.3) is 0 Å². The highest BCUT2D eigenvalue weighted by Gasteiger charge is 2.45. The van der Waals surface area contributed by atoms with Crippen LogP contribution < -0.4 is 0 Å². The number of Topliss-reactive ketones (excluding diaryl/α,β-unsaturated/α-hetero) is 2. The van der Waals surface area contributed by atoms with Crippen LogP contribution in [0.3, 0.4) is 0 Å². The molecule has 0 amide bonds. The van der Waals surface area contributed by atoms with Crippen molar-refractivity contribution in [1.82, 2.24) is 10.2 Å². The molecule has 1 saturated carbocycles. The van der Waals surface area contributed by atoms with Crippen molar-refractivity contribution < 1.29 is 22.8 Å². The van der Waals surface area contributed by atoms with Crippen LogP contribution in [0.15, 0.2) is 0 Å². The number of hydrogen-bond donors (Lipinski definition) is 1. The monoisotopic (exact) mass is 299 g/mol. The molecule has 1 atom stereocenters. The predicted octanol–water partition coefficient (Wildman–Crippen LogP) is 2.29. The molecule has 0 bridgehead atoms. The summed E-state index contributed by atoms with van der Waals surface area (Å²) in [5.41, 5.74) is -2.07. The van der Waals surface area contributed by atoms with E-state index in [-0.39, 0.29) is 18.0 Å². The zero-order valence-corrected chi connectivity index (χ0v) is 11.1. The van der Waals surface area contributed by atoms with Gasteiger partial charge in [0.2, 0.25) is 0 Å². The molecule has 2 rings (SSSR count). The standard InChI is InChI=1S/C13H12F3N3O2/c1-2-8-9(12(19-18-8)13(14,15)16)11(21)7(5-17)10(20)6-3-4-6/h6-7H,2-4H2,1H3,(H,18,19). The van der Waals surface area contributed by atoms with Crippen molar-refractivity contribution in [2.75, 3.05) is 0 Å². The summed E-state index contributed by atoms with van der Waals surface area (Å²) in [5, 5.41) is 14.3. The molecule has 1 N–H and O–H groups in total. The van der Waals surface area contributed by atoms with Crippen molar-refractivity contribution in [1.29, 1.82) is 5.26 Å². The van der Waals surface area contributed by atoms with Crippen LogP contribution in [0.25, 0.3) is 0 Å². The van der Waals surface area contributed by atoms with E-state index in [1.54, 1.807) is 6.92 Å². The summed E-state index contributed by atoms with van der Waals surface area (Å²) in [7, 11) is 0. The van der Waals surface area contributed by atoms with Gasteiger partial charge in [-0.15, -0.1) is 0 Å². The molecule has 1 fully saturated rings. The molecule has 1 aromatic heterocycles. The molecular weight excluding hydrogens is 287 g/mol. The quantitative estimate of drug-likeness (QED) is 0.667. The molecule has 1 aromatic rings. The lowest BCUT2D eigenvalue weighted by atomic mass is 9.90. The number of H-pyrrole nitrogens is 1. The number of aromatic nitrogens is 2. The fraction of sp³-hybridized carbons (Fsp3) is 0.538. The fourth-order valence-corrected chi connectivity index (χ4v) is 2.10. The van der Waals surface area contributed by atoms with Crippen LogP contribution in [0.1, 0.15) is 41.5 Å². The number of nitrogens with one attached hydrogen (secondary N) is 1. The van der Waals surface area contributed by atoms with Crippen molar-refractivity contribution in [2.45, 2.75) is 32.4 Å². The molecule has 0 spiro atoms. The molecule has 0 radical (unpaired) electrons. The summed E-state index contributed by atoms with van der Waals surface area (Å²) < 4.78 is 38.7. The first-order valence-electron chi connectivity index (χ1n) is 6.43. The maximum absolute atomic E-state index is 12.9. The highest BCUT2D eigenvalue weighted by molar-refractivity contribution is 6.14. The topological polar surface area (TPSA) is 86.6 Å². The minimum absolute atomic E-state index is 0.0174. The summed E-state index contributed by atoms with van der Waals surface area (Å²) in [6.07, 6.45) is -3.57. The Morgan fingerprint density at radius 1 is 1.48 bits per heavy atom. The number of nitrogens with zero attached hydrogens (tertiary/aromatic N) is 2. The Morgan fingerprint density at radius 2 is 2.10 bits per heavy atom. The molecule has 1 heterocycles. The number of aryl methyl sites for hydroxylation is 1. The predicted molar refractivity (Wildman–Crippen MR) is 64.1 cm³/mol. The van der Waals surface area contributed by atoms with E-state index in [0.29, 0.717) is 12.8 Å². The van der Waals surface area contributed by atoms with E-state index in [1.807, 2.05) is 0 Å². The van der Waals surface area contributed by atoms with Crippen LogP contribution in [-0.4, -0.2) is 21.8 Å². The number of nitriles is 1. The number of hydrogen-bond acceptors (Lipinski definition) is 4. The van der Waals surface area contributed by atoms with E-state index >= 15 is 0 Å². The van der Waals surface area contributed by atoms with E-state index in [0.717, 1.165) is 0 Å². The Bertz CT molecular complexity index is 624. The maximum Gasteiger partial charge on any atom is 0.435 e. The van der Waals surface area contributed by atoms with Gasteiger partial charge in [0, 0.05) is 11.6 Å². The first-order valence-corrected chi connectivity index (χ1v) is 6.43. The van der Waals surface area contributed by atoms with Gasteiger partial charge in [0.05, 0.1) is 11.6 Å². The fourth-order valence-electron chi connectivity index (χ4n) is 2.10. The summed E-state index contributed by atoms with van der Waals surface area (Å²) in [6, 6.07) is 1.53. The first-order chi connectivity index (χ1) is 9.81. The van der Waals surface area contributed by atoms with Crippen molar-refractivity contribution in [3.8, 4) is 6.07 Å². The van der Waals surface area contributed by atoms with Crippen molar-refractivity contribution in [3.63, 3.8) is 0 Å². The van der Waals surface area contributed by atoms with Crippen molar-refractivity contribution in [3.05, 3.63) is 17.0 Å². The number of carbonyl (C=O) groups is 2. The molecule has 112 valence electrons. The average molecular weight is 299 g/mol. The minimum atomic E-state index is -4.82. The summed E-state index contributed by atoms with van der Waals surface area (Å²) in [4.78, 5) is 24.1. The van der Waals surface area contributed by atoms with Gasteiger partial charge in [-0.25, -0.2) is 0 Å². The van der Waals surface area contributed by atoms with E-state index < -0.39 is 34.9 Å². The maximum atomic E-state index is 12.9. The van der Waals surface area contributed by atoms with Gasteiger partial charge < -0.3 is 0 Å². The normalized spacial score (nSPS) is 16.3. The highest BCUT2D eigenvalue weighted by Crippen LogP contribution is 2.36. The van der Waals surface area contributed by atoms with Crippen molar-refractivity contribution >= 4 is 11.6 Å². The molecule has 5 nitrogen and oxygen atoms in total. The third kappa shape index (κ3) is 2.82. The second-order valence-electron chi connectivity index (χ2n) is 4.88. The van der Waals surface area contributed by atoms with Gasteiger partial charge in [-0.05, 0) is 19.3 Å². The molecule has 1 unspecified atom stereocenters. The van der Waals surface area contributed by atoms with E-state index in [1.165, 1.54) is 6.07 Å². The Morgan fingerprint density at radius 3 is 2.52 bits per heavy atom. The van der Waals surface area contributed by atoms with Crippen LogP contribution in [0.5, 0.6) is 0 Å². The highest BCUT2D eigenvalue weighted by atomic mass is 19.4. The zero-order chi connectivity index (χ0) is 15.8. The van der Waals surface area contributed by atoms with Crippen LogP contribution in [-0.2, 0) is 17.4 Å². The minimum Gasteiger partial charge on any atom is -0.297 e. The van der Waals surface area contributed by atoms with Gasteiger partial charge >= 0.3 is 6.18 Å². The van der Waals surface area contributed by atoms with Crippen molar-refractivity contribution in [2.24, 2.45) is 11.8 Å². The number of aromatic amines is 1. The molecule has 0 aliphatic heterocycles. The third-order valence-electron chi connectivity index (χ3n) is 3.37. The SMILES string of the molecule is CCc1[nH]nc(C(F)(F)F)c1C(=O)C(C#N)C(=O)C1CC1. The number of halogens is 3.